The predicted octanol–water partition coefficient (Wildman–Crippen LogP) is 0.566. The van der Waals surface area contributed by atoms with Gasteiger partial charge in [-0.15, -0.1) is 0 Å². The molecule has 0 aromatic heterocycles. The first kappa shape index (κ1) is 13.1. The Morgan fingerprint density at radius 1 is 1.00 bits per heavy atom. The Morgan fingerprint density at radius 2 is 1.50 bits per heavy atom. The summed E-state index contributed by atoms with van der Waals surface area (Å²) in [4.78, 5) is 0.190. The molecule has 90 valence electrons. The van der Waals surface area contributed by atoms with Crippen molar-refractivity contribution < 1.29 is 21.0 Å². The lowest BCUT2D eigenvalue weighted by molar-refractivity contribution is 0.311. The Morgan fingerprint density at radius 3 is 1.88 bits per heavy atom. The van der Waals surface area contributed by atoms with Crippen LogP contribution in [0.5, 0.6) is 0 Å². The monoisotopic (exact) mass is 264 g/mol. The SMILES string of the molecule is CS(=O)(=O)OCc1ccc(S(C)(=O)=O)cc1. The molecule has 1 aromatic rings. The fourth-order valence-corrected chi connectivity index (χ4v) is 1.99. The van der Waals surface area contributed by atoms with Crippen LogP contribution >= 0.6 is 0 Å². The van der Waals surface area contributed by atoms with Crippen LogP contribution in [0, 0.1) is 0 Å². The van der Waals surface area contributed by atoms with E-state index in [9.17, 15) is 16.8 Å². The lowest BCUT2D eigenvalue weighted by atomic mass is 10.2. The number of hydrogen-bond donors (Lipinski definition) is 0. The largest absolute Gasteiger partial charge is 0.265 e. The summed E-state index contributed by atoms with van der Waals surface area (Å²) in [7, 11) is -6.70. The topological polar surface area (TPSA) is 77.5 Å². The normalized spacial score (nSPS) is 12.6. The van der Waals surface area contributed by atoms with Crippen LogP contribution in [0.4, 0.5) is 0 Å². The molecule has 0 fully saturated rings. The van der Waals surface area contributed by atoms with Crippen LogP contribution in [0.2, 0.25) is 0 Å². The highest BCUT2D eigenvalue weighted by atomic mass is 32.2. The van der Waals surface area contributed by atoms with Crippen molar-refractivity contribution in [3.8, 4) is 0 Å². The zero-order chi connectivity index (χ0) is 12.4. The Kier molecular flexibility index (Phi) is 3.72. The summed E-state index contributed by atoms with van der Waals surface area (Å²) >= 11 is 0. The summed E-state index contributed by atoms with van der Waals surface area (Å²) in [5.74, 6) is 0. The molecular formula is C9H12O5S2. The van der Waals surface area contributed by atoms with Crippen molar-refractivity contribution in [3.05, 3.63) is 29.8 Å². The molecule has 0 amide bonds. The number of sulfone groups is 1. The van der Waals surface area contributed by atoms with E-state index in [0.717, 1.165) is 12.5 Å². The maximum atomic E-state index is 11.1. The van der Waals surface area contributed by atoms with E-state index < -0.39 is 20.0 Å². The Balaban J connectivity index is 2.81. The third kappa shape index (κ3) is 4.30. The third-order valence-electron chi connectivity index (χ3n) is 1.79. The van der Waals surface area contributed by atoms with E-state index in [0.29, 0.717) is 5.56 Å². The standard InChI is InChI=1S/C9H12O5S2/c1-15(10,11)9-5-3-8(4-6-9)7-14-16(2,12)13/h3-6H,7H2,1-2H3. The Hall–Kier alpha value is -0.920. The molecular weight excluding hydrogens is 252 g/mol. The van der Waals surface area contributed by atoms with Gasteiger partial charge in [0, 0.05) is 6.26 Å². The van der Waals surface area contributed by atoms with Gasteiger partial charge < -0.3 is 0 Å². The first-order valence-electron chi connectivity index (χ1n) is 4.32. The van der Waals surface area contributed by atoms with Crippen molar-refractivity contribution in [1.29, 1.82) is 0 Å². The summed E-state index contributed by atoms with van der Waals surface area (Å²) in [6.07, 6.45) is 2.06. The van der Waals surface area contributed by atoms with Crippen molar-refractivity contribution in [1.82, 2.24) is 0 Å². The molecule has 16 heavy (non-hydrogen) atoms. The average Bonchev–Trinajstić information content (AvgIpc) is 2.13. The average molecular weight is 264 g/mol. The van der Waals surface area contributed by atoms with Gasteiger partial charge in [0.25, 0.3) is 10.1 Å². The fraction of sp³-hybridized carbons (Fsp3) is 0.333. The molecule has 0 saturated heterocycles. The van der Waals surface area contributed by atoms with Gasteiger partial charge in [0.05, 0.1) is 17.8 Å². The second kappa shape index (κ2) is 4.52. The van der Waals surface area contributed by atoms with E-state index in [1.807, 2.05) is 0 Å². The van der Waals surface area contributed by atoms with Crippen LogP contribution in [-0.2, 0) is 30.7 Å². The second-order valence-corrected chi connectivity index (χ2v) is 7.04. The summed E-state index contributed by atoms with van der Waals surface area (Å²) in [6.45, 7) is -0.0944. The highest BCUT2D eigenvalue weighted by Gasteiger charge is 2.07. The van der Waals surface area contributed by atoms with Crippen molar-refractivity contribution in [2.24, 2.45) is 0 Å². The van der Waals surface area contributed by atoms with E-state index in [4.69, 9.17) is 0 Å². The zero-order valence-corrected chi connectivity index (χ0v) is 10.5. The molecule has 0 saturated carbocycles. The minimum atomic E-state index is -3.48. The van der Waals surface area contributed by atoms with Crippen LogP contribution < -0.4 is 0 Å². The molecule has 1 aromatic carbocycles. The van der Waals surface area contributed by atoms with E-state index in [1.165, 1.54) is 24.3 Å². The minimum absolute atomic E-state index is 0.0944. The minimum Gasteiger partial charge on any atom is -0.265 e. The molecule has 5 nitrogen and oxygen atoms in total. The molecule has 0 aliphatic heterocycles. The third-order valence-corrected chi connectivity index (χ3v) is 3.47. The van der Waals surface area contributed by atoms with Gasteiger partial charge >= 0.3 is 0 Å². The van der Waals surface area contributed by atoms with Crippen LogP contribution in [-0.4, -0.2) is 29.3 Å². The van der Waals surface area contributed by atoms with Gasteiger partial charge in [-0.05, 0) is 17.7 Å². The van der Waals surface area contributed by atoms with Crippen LogP contribution in [0.3, 0.4) is 0 Å². The van der Waals surface area contributed by atoms with Crippen molar-refractivity contribution >= 4 is 20.0 Å². The highest BCUT2D eigenvalue weighted by Crippen LogP contribution is 2.11. The predicted molar refractivity (Wildman–Crippen MR) is 59.2 cm³/mol. The first-order chi connectivity index (χ1) is 7.18. The Bertz CT molecular complexity index is 554. The maximum Gasteiger partial charge on any atom is 0.264 e. The second-order valence-electron chi connectivity index (χ2n) is 3.38. The summed E-state index contributed by atoms with van der Waals surface area (Å²) < 4.78 is 48.3. The van der Waals surface area contributed by atoms with E-state index in [1.54, 1.807) is 0 Å². The van der Waals surface area contributed by atoms with Gasteiger partial charge in [-0.1, -0.05) is 12.1 Å². The molecule has 0 spiro atoms. The van der Waals surface area contributed by atoms with Gasteiger partial charge in [-0.25, -0.2) is 8.42 Å². The number of benzene rings is 1. The molecule has 0 atom stereocenters. The molecule has 0 radical (unpaired) electrons. The maximum absolute atomic E-state index is 11.1. The van der Waals surface area contributed by atoms with E-state index in [-0.39, 0.29) is 11.5 Å². The van der Waals surface area contributed by atoms with Crippen molar-refractivity contribution in [2.75, 3.05) is 12.5 Å². The molecule has 1 rings (SSSR count). The quantitative estimate of drug-likeness (QED) is 0.743. The Labute approximate surface area is 95.1 Å². The number of hydrogen-bond acceptors (Lipinski definition) is 5. The first-order valence-corrected chi connectivity index (χ1v) is 8.03. The van der Waals surface area contributed by atoms with Crippen LogP contribution in [0.15, 0.2) is 29.2 Å². The van der Waals surface area contributed by atoms with Gasteiger partial charge in [0.1, 0.15) is 0 Å². The molecule has 0 unspecified atom stereocenters. The molecule has 0 bridgehead atoms. The van der Waals surface area contributed by atoms with Crippen LogP contribution in [0.1, 0.15) is 5.56 Å². The van der Waals surface area contributed by atoms with E-state index in [2.05, 4.69) is 4.18 Å². The van der Waals surface area contributed by atoms with Crippen molar-refractivity contribution in [3.63, 3.8) is 0 Å². The summed E-state index contributed by atoms with van der Waals surface area (Å²) in [6, 6.07) is 5.86. The highest BCUT2D eigenvalue weighted by molar-refractivity contribution is 7.90. The van der Waals surface area contributed by atoms with Gasteiger partial charge in [0.2, 0.25) is 0 Å². The molecule has 0 aliphatic carbocycles. The van der Waals surface area contributed by atoms with Gasteiger partial charge in [0.15, 0.2) is 9.84 Å². The molecule has 0 aliphatic rings. The van der Waals surface area contributed by atoms with Gasteiger partial charge in [-0.3, -0.25) is 4.18 Å². The summed E-state index contributed by atoms with van der Waals surface area (Å²) in [5.41, 5.74) is 0.595. The van der Waals surface area contributed by atoms with Crippen LogP contribution in [0.25, 0.3) is 0 Å². The molecule has 0 N–H and O–H groups in total. The fourth-order valence-electron chi connectivity index (χ4n) is 1.01. The lowest BCUT2D eigenvalue weighted by Crippen LogP contribution is -2.03. The zero-order valence-electron chi connectivity index (χ0n) is 8.87. The van der Waals surface area contributed by atoms with E-state index >= 15 is 0 Å². The lowest BCUT2D eigenvalue weighted by Gasteiger charge is -2.02. The summed E-state index contributed by atoms with van der Waals surface area (Å²) in [5, 5.41) is 0. The number of rotatable bonds is 4. The molecule has 7 heteroatoms. The van der Waals surface area contributed by atoms with Gasteiger partial charge in [-0.2, -0.15) is 8.42 Å². The molecule has 0 heterocycles. The van der Waals surface area contributed by atoms with Crippen molar-refractivity contribution in [2.45, 2.75) is 11.5 Å². The smallest absolute Gasteiger partial charge is 0.264 e.